The smallest absolute Gasteiger partial charge is 0.281 e. The fourth-order valence-corrected chi connectivity index (χ4v) is 5.21. The average molecular weight is 471 g/mol. The molecule has 1 atom stereocenters. The van der Waals surface area contributed by atoms with E-state index >= 15 is 0 Å². The first-order valence-corrected chi connectivity index (χ1v) is 12.6. The molecule has 1 amide bonds. The molecule has 0 bridgehead atoms. The molecule has 2 aromatic heterocycles. The summed E-state index contributed by atoms with van der Waals surface area (Å²) in [6, 6.07) is 7.68. The van der Waals surface area contributed by atoms with Gasteiger partial charge in [0.05, 0.1) is 11.3 Å². The highest BCUT2D eigenvalue weighted by Gasteiger charge is 2.41. The van der Waals surface area contributed by atoms with Gasteiger partial charge in [-0.1, -0.05) is 19.1 Å². The van der Waals surface area contributed by atoms with Gasteiger partial charge in [-0.05, 0) is 69.0 Å². The fourth-order valence-electron chi connectivity index (χ4n) is 4.27. The van der Waals surface area contributed by atoms with Gasteiger partial charge < -0.3 is 16.0 Å². The Bertz CT molecular complexity index is 1210. The summed E-state index contributed by atoms with van der Waals surface area (Å²) in [6.07, 6.45) is 4.01. The largest absolute Gasteiger partial charge is 0.384 e. The van der Waals surface area contributed by atoms with E-state index in [1.807, 2.05) is 0 Å². The number of aromatic nitrogens is 2. The highest BCUT2D eigenvalue weighted by molar-refractivity contribution is 7.90. The third-order valence-corrected chi connectivity index (χ3v) is 7.90. The number of carbonyl (C=O) groups excluding carboxylic acids is 1. The van der Waals surface area contributed by atoms with Crippen molar-refractivity contribution in [2.75, 3.05) is 30.3 Å². The van der Waals surface area contributed by atoms with Crippen molar-refractivity contribution < 1.29 is 13.2 Å². The number of anilines is 2. The number of hydrogen-bond donors (Lipinski definition) is 3. The topological polar surface area (TPSA) is 130 Å². The second-order valence-corrected chi connectivity index (χ2v) is 10.7. The third kappa shape index (κ3) is 4.58. The Labute approximate surface area is 194 Å². The summed E-state index contributed by atoms with van der Waals surface area (Å²) in [5.74, 6) is 0.176. The van der Waals surface area contributed by atoms with Crippen molar-refractivity contribution in [1.29, 1.82) is 0 Å². The van der Waals surface area contributed by atoms with E-state index < -0.39 is 15.9 Å². The van der Waals surface area contributed by atoms with Crippen LogP contribution in [0.25, 0.3) is 5.57 Å². The first-order valence-electron chi connectivity index (χ1n) is 11.1. The van der Waals surface area contributed by atoms with Crippen LogP contribution >= 0.6 is 0 Å². The molecule has 0 saturated carbocycles. The van der Waals surface area contributed by atoms with E-state index in [0.29, 0.717) is 18.3 Å². The zero-order chi connectivity index (χ0) is 23.8. The standard InChI is InChI=1S/C23H30N6O3S/c1-15-11-13-29(23(15,2)3)21-17(9-10-18(26-21)16-6-5-12-25-14-16)22(30)28-33(31,32)20-8-4-7-19(24)27-20/h4,6-10,15,25H,5,11-14H2,1-3H3,(H2,24,27)(H,28,30). The zero-order valence-corrected chi connectivity index (χ0v) is 19.9. The van der Waals surface area contributed by atoms with Crippen LogP contribution < -0.4 is 20.7 Å². The van der Waals surface area contributed by atoms with Gasteiger partial charge in [0.2, 0.25) is 0 Å². The molecule has 33 heavy (non-hydrogen) atoms. The molecule has 0 aromatic carbocycles. The monoisotopic (exact) mass is 470 g/mol. The van der Waals surface area contributed by atoms with Gasteiger partial charge in [-0.3, -0.25) is 4.79 Å². The summed E-state index contributed by atoms with van der Waals surface area (Å²) in [7, 11) is -4.20. The van der Waals surface area contributed by atoms with Crippen LogP contribution in [0.5, 0.6) is 0 Å². The summed E-state index contributed by atoms with van der Waals surface area (Å²) in [6.45, 7) is 8.76. The minimum atomic E-state index is -4.20. The number of nitrogen functional groups attached to an aromatic ring is 1. The molecule has 9 nitrogen and oxygen atoms in total. The second kappa shape index (κ2) is 8.75. The van der Waals surface area contributed by atoms with Crippen LogP contribution in [-0.2, 0) is 10.0 Å². The van der Waals surface area contributed by atoms with Crippen molar-refractivity contribution in [2.24, 2.45) is 5.92 Å². The summed E-state index contributed by atoms with van der Waals surface area (Å²) < 4.78 is 27.7. The molecule has 1 unspecified atom stereocenters. The van der Waals surface area contributed by atoms with E-state index in [4.69, 9.17) is 10.7 Å². The molecule has 176 valence electrons. The van der Waals surface area contributed by atoms with Crippen LogP contribution in [0, 0.1) is 5.92 Å². The lowest BCUT2D eigenvalue weighted by Crippen LogP contribution is -2.44. The van der Waals surface area contributed by atoms with Gasteiger partial charge in [0.1, 0.15) is 11.6 Å². The molecular weight excluding hydrogens is 440 g/mol. The predicted octanol–water partition coefficient (Wildman–Crippen LogP) is 2.18. The highest BCUT2D eigenvalue weighted by Crippen LogP contribution is 2.39. The maximum absolute atomic E-state index is 13.2. The minimum Gasteiger partial charge on any atom is -0.384 e. The molecule has 1 saturated heterocycles. The van der Waals surface area contributed by atoms with E-state index in [2.05, 4.69) is 46.8 Å². The number of amides is 1. The quantitative estimate of drug-likeness (QED) is 0.606. The first-order chi connectivity index (χ1) is 15.6. The first kappa shape index (κ1) is 23.2. The lowest BCUT2D eigenvalue weighted by molar-refractivity contribution is 0.0981. The number of pyridine rings is 2. The van der Waals surface area contributed by atoms with Crippen LogP contribution in [0.4, 0.5) is 11.6 Å². The molecule has 0 spiro atoms. The van der Waals surface area contributed by atoms with Crippen LogP contribution in [0.15, 0.2) is 41.4 Å². The average Bonchev–Trinajstić information content (AvgIpc) is 3.05. The third-order valence-electron chi connectivity index (χ3n) is 6.67. The molecule has 4 heterocycles. The van der Waals surface area contributed by atoms with E-state index in [1.165, 1.54) is 18.2 Å². The Kier molecular flexibility index (Phi) is 6.15. The fraction of sp³-hybridized carbons (Fsp3) is 0.435. The van der Waals surface area contributed by atoms with Gasteiger partial charge in [0.25, 0.3) is 15.9 Å². The zero-order valence-electron chi connectivity index (χ0n) is 19.1. The molecule has 4 rings (SSSR count). The Morgan fingerprint density at radius 3 is 2.67 bits per heavy atom. The van der Waals surface area contributed by atoms with Crippen LogP contribution in [-0.4, -0.2) is 49.5 Å². The predicted molar refractivity (Wildman–Crippen MR) is 128 cm³/mol. The molecule has 2 aliphatic rings. The van der Waals surface area contributed by atoms with Crippen LogP contribution in [0.2, 0.25) is 0 Å². The maximum Gasteiger partial charge on any atom is 0.281 e. The van der Waals surface area contributed by atoms with Gasteiger partial charge in [0.15, 0.2) is 5.03 Å². The maximum atomic E-state index is 13.2. The Morgan fingerprint density at radius 1 is 1.24 bits per heavy atom. The van der Waals surface area contributed by atoms with Gasteiger partial charge >= 0.3 is 0 Å². The van der Waals surface area contributed by atoms with Gasteiger partial charge in [-0.25, -0.2) is 14.7 Å². The molecule has 2 aromatic rings. The van der Waals surface area contributed by atoms with E-state index in [9.17, 15) is 13.2 Å². The molecule has 1 fully saturated rings. The van der Waals surface area contributed by atoms with E-state index in [0.717, 1.165) is 37.2 Å². The molecule has 4 N–H and O–H groups in total. The summed E-state index contributed by atoms with van der Waals surface area (Å²) >= 11 is 0. The lowest BCUT2D eigenvalue weighted by atomic mass is 9.90. The van der Waals surface area contributed by atoms with Crippen molar-refractivity contribution in [3.05, 3.63) is 47.7 Å². The second-order valence-electron chi connectivity index (χ2n) is 9.09. The molecule has 2 aliphatic heterocycles. The highest BCUT2D eigenvalue weighted by atomic mass is 32.2. The van der Waals surface area contributed by atoms with Crippen molar-refractivity contribution >= 4 is 33.1 Å². The molecular formula is C23H30N6O3S. The number of nitrogens with two attached hydrogens (primary N) is 1. The summed E-state index contributed by atoms with van der Waals surface area (Å²) in [4.78, 5) is 24.0. The Morgan fingerprint density at radius 2 is 2.03 bits per heavy atom. The van der Waals surface area contributed by atoms with Gasteiger partial charge in [-0.2, -0.15) is 8.42 Å². The SMILES string of the molecule is CC1CCN(c2nc(C3=CCCNC3)ccc2C(=O)NS(=O)(=O)c2cccc(N)n2)C1(C)C. The number of rotatable bonds is 5. The summed E-state index contributed by atoms with van der Waals surface area (Å²) in [5.41, 5.74) is 7.43. The minimum absolute atomic E-state index is 0.0548. The van der Waals surface area contributed by atoms with Crippen LogP contribution in [0.3, 0.4) is 0 Å². The number of nitrogens with zero attached hydrogens (tertiary/aromatic N) is 3. The van der Waals surface area contributed by atoms with Crippen molar-refractivity contribution in [2.45, 2.75) is 44.2 Å². The van der Waals surface area contributed by atoms with E-state index in [1.54, 1.807) is 12.1 Å². The normalized spacial score (nSPS) is 20.4. The Hall–Kier alpha value is -2.98. The lowest BCUT2D eigenvalue weighted by Gasteiger charge is -2.36. The van der Waals surface area contributed by atoms with Crippen molar-refractivity contribution in [3.8, 4) is 0 Å². The Balaban J connectivity index is 1.74. The molecule has 10 heteroatoms. The summed E-state index contributed by atoms with van der Waals surface area (Å²) in [5, 5.41) is 3.03. The molecule has 0 radical (unpaired) electrons. The van der Waals surface area contributed by atoms with Gasteiger partial charge in [0, 0.05) is 18.6 Å². The number of nitrogens with one attached hydrogen (secondary N) is 2. The van der Waals surface area contributed by atoms with Crippen molar-refractivity contribution in [1.82, 2.24) is 20.0 Å². The molecule has 0 aliphatic carbocycles. The van der Waals surface area contributed by atoms with Crippen molar-refractivity contribution in [3.63, 3.8) is 0 Å². The van der Waals surface area contributed by atoms with Gasteiger partial charge in [-0.15, -0.1) is 0 Å². The van der Waals surface area contributed by atoms with Crippen LogP contribution in [0.1, 0.15) is 49.7 Å². The van der Waals surface area contributed by atoms with E-state index in [-0.39, 0.29) is 21.9 Å². The number of sulfonamides is 1. The number of carbonyl (C=O) groups is 1. The number of hydrogen-bond acceptors (Lipinski definition) is 8.